The number of rotatable bonds is 1. The van der Waals surface area contributed by atoms with Crippen LogP contribution in [0.5, 0.6) is 0 Å². The zero-order valence-electron chi connectivity index (χ0n) is 9.50. The molecule has 0 N–H and O–H groups in total. The summed E-state index contributed by atoms with van der Waals surface area (Å²) in [6, 6.07) is 6.88. The lowest BCUT2D eigenvalue weighted by Gasteiger charge is -2.10. The predicted octanol–water partition coefficient (Wildman–Crippen LogP) is 2.73. The number of hydrogen-bond acceptors (Lipinski definition) is 1. The van der Waals surface area contributed by atoms with Gasteiger partial charge in [0.2, 0.25) is 0 Å². The van der Waals surface area contributed by atoms with Crippen LogP contribution >= 0.6 is 0 Å². The third kappa shape index (κ3) is 1.98. The number of hydrogen-bond donors (Lipinski definition) is 0. The van der Waals surface area contributed by atoms with Gasteiger partial charge < -0.3 is 0 Å². The Morgan fingerprint density at radius 2 is 1.71 bits per heavy atom. The first-order valence-electron chi connectivity index (χ1n) is 5.15. The third-order valence-corrected chi connectivity index (χ3v) is 2.63. The Kier molecular flexibility index (Phi) is 2.79. The van der Waals surface area contributed by atoms with Gasteiger partial charge in [0.25, 0.3) is 5.56 Å². The van der Waals surface area contributed by atoms with Gasteiger partial charge in [0.1, 0.15) is 0 Å². The van der Waals surface area contributed by atoms with Gasteiger partial charge in [0.15, 0.2) is 11.6 Å². The highest BCUT2D eigenvalue weighted by atomic mass is 19.2. The summed E-state index contributed by atoms with van der Waals surface area (Å²) in [6.45, 7) is 3.42. The molecule has 1 heterocycles. The zero-order chi connectivity index (χ0) is 12.6. The summed E-state index contributed by atoms with van der Waals surface area (Å²) < 4.78 is 27.3. The molecule has 4 heteroatoms. The van der Waals surface area contributed by atoms with Crippen molar-refractivity contribution in [3.8, 4) is 5.69 Å². The van der Waals surface area contributed by atoms with Crippen LogP contribution in [0.25, 0.3) is 5.69 Å². The molecular weight excluding hydrogens is 224 g/mol. The van der Waals surface area contributed by atoms with Gasteiger partial charge in [0.05, 0.1) is 5.69 Å². The summed E-state index contributed by atoms with van der Waals surface area (Å²) in [7, 11) is 0. The molecule has 0 amide bonds. The molecule has 0 saturated heterocycles. The molecule has 0 radical (unpaired) electrons. The molecule has 1 aromatic carbocycles. The van der Waals surface area contributed by atoms with Crippen LogP contribution in [0.2, 0.25) is 0 Å². The van der Waals surface area contributed by atoms with Crippen LogP contribution in [0, 0.1) is 25.5 Å². The van der Waals surface area contributed by atoms with Gasteiger partial charge in [-0.2, -0.15) is 0 Å². The Labute approximate surface area is 97.1 Å². The highest BCUT2D eigenvalue weighted by molar-refractivity contribution is 5.36. The van der Waals surface area contributed by atoms with Crippen molar-refractivity contribution in [2.45, 2.75) is 13.8 Å². The number of benzene rings is 1. The van der Waals surface area contributed by atoms with Gasteiger partial charge in [-0.15, -0.1) is 0 Å². The molecule has 2 rings (SSSR count). The molecule has 2 nitrogen and oxygen atoms in total. The lowest BCUT2D eigenvalue weighted by molar-refractivity contribution is 0.507. The van der Waals surface area contributed by atoms with E-state index >= 15 is 0 Å². The van der Waals surface area contributed by atoms with Crippen LogP contribution in [0.3, 0.4) is 0 Å². The van der Waals surface area contributed by atoms with Gasteiger partial charge in [-0.1, -0.05) is 6.07 Å². The van der Waals surface area contributed by atoms with E-state index in [1.54, 1.807) is 26.0 Å². The van der Waals surface area contributed by atoms with Crippen molar-refractivity contribution < 1.29 is 8.78 Å². The van der Waals surface area contributed by atoms with Crippen molar-refractivity contribution in [3.05, 3.63) is 63.6 Å². The molecule has 0 unspecified atom stereocenters. The SMILES string of the molecule is Cc1ccc(C)n(-c2ccc(F)c(F)c2)c1=O. The minimum Gasteiger partial charge on any atom is -0.281 e. The fourth-order valence-electron chi connectivity index (χ4n) is 1.67. The van der Waals surface area contributed by atoms with Crippen molar-refractivity contribution in [2.75, 3.05) is 0 Å². The van der Waals surface area contributed by atoms with Gasteiger partial charge in [0, 0.05) is 17.3 Å². The minimum atomic E-state index is -0.963. The van der Waals surface area contributed by atoms with E-state index in [0.29, 0.717) is 16.9 Å². The molecule has 0 fully saturated rings. The van der Waals surface area contributed by atoms with Gasteiger partial charge in [-0.25, -0.2) is 8.78 Å². The molecule has 0 aliphatic heterocycles. The number of pyridine rings is 1. The molecule has 0 spiro atoms. The fraction of sp³-hybridized carbons (Fsp3) is 0.154. The normalized spacial score (nSPS) is 10.6. The van der Waals surface area contributed by atoms with Crippen molar-refractivity contribution in [1.82, 2.24) is 4.57 Å². The summed E-state index contributed by atoms with van der Waals surface area (Å²) in [5, 5.41) is 0. The first-order valence-corrected chi connectivity index (χ1v) is 5.15. The molecule has 0 aliphatic carbocycles. The molecule has 17 heavy (non-hydrogen) atoms. The Bertz CT molecular complexity index is 632. The predicted molar refractivity (Wildman–Crippen MR) is 61.4 cm³/mol. The summed E-state index contributed by atoms with van der Waals surface area (Å²) in [5.74, 6) is -1.89. The standard InChI is InChI=1S/C13H11F2NO/c1-8-3-4-9(2)16(13(8)17)10-5-6-11(14)12(15)7-10/h3-7H,1-2H3. The van der Waals surface area contributed by atoms with E-state index in [1.807, 2.05) is 0 Å². The second kappa shape index (κ2) is 4.13. The van der Waals surface area contributed by atoms with E-state index in [9.17, 15) is 13.6 Å². The number of halogens is 2. The summed E-state index contributed by atoms with van der Waals surface area (Å²) in [5.41, 5.74) is 1.33. The molecule has 0 saturated carbocycles. The largest absolute Gasteiger partial charge is 0.281 e. The van der Waals surface area contributed by atoms with Crippen LogP contribution in [0.15, 0.2) is 35.1 Å². The average Bonchev–Trinajstić information content (AvgIpc) is 2.29. The van der Waals surface area contributed by atoms with Gasteiger partial charge in [-0.05, 0) is 32.0 Å². The first-order chi connectivity index (χ1) is 8.00. The molecule has 1 aromatic heterocycles. The lowest BCUT2D eigenvalue weighted by Crippen LogP contribution is -2.22. The fourth-order valence-corrected chi connectivity index (χ4v) is 1.67. The number of aromatic nitrogens is 1. The van der Waals surface area contributed by atoms with E-state index < -0.39 is 11.6 Å². The zero-order valence-corrected chi connectivity index (χ0v) is 9.50. The van der Waals surface area contributed by atoms with Gasteiger partial charge >= 0.3 is 0 Å². The van der Waals surface area contributed by atoms with Crippen molar-refractivity contribution in [2.24, 2.45) is 0 Å². The molecule has 0 aliphatic rings. The second-order valence-corrected chi connectivity index (χ2v) is 3.90. The second-order valence-electron chi connectivity index (χ2n) is 3.90. The number of aryl methyl sites for hydroxylation is 2. The van der Waals surface area contributed by atoms with Crippen LogP contribution in [-0.2, 0) is 0 Å². The molecule has 0 atom stereocenters. The minimum absolute atomic E-state index is 0.226. The van der Waals surface area contributed by atoms with E-state index in [2.05, 4.69) is 0 Å². The smallest absolute Gasteiger partial charge is 0.258 e. The average molecular weight is 235 g/mol. The summed E-state index contributed by atoms with van der Waals surface area (Å²) >= 11 is 0. The molecular formula is C13H11F2NO. The maximum atomic E-state index is 13.1. The Morgan fingerprint density at radius 1 is 1.00 bits per heavy atom. The lowest BCUT2D eigenvalue weighted by atomic mass is 10.2. The first kappa shape index (κ1) is 11.5. The van der Waals surface area contributed by atoms with Crippen LogP contribution in [0.1, 0.15) is 11.3 Å². The molecule has 2 aromatic rings. The molecule has 88 valence electrons. The molecule has 0 bridgehead atoms. The van der Waals surface area contributed by atoms with Crippen molar-refractivity contribution >= 4 is 0 Å². The highest BCUT2D eigenvalue weighted by Gasteiger charge is 2.08. The quantitative estimate of drug-likeness (QED) is 0.745. The topological polar surface area (TPSA) is 22.0 Å². The van der Waals surface area contributed by atoms with Crippen LogP contribution < -0.4 is 5.56 Å². The Hall–Kier alpha value is -1.97. The van der Waals surface area contributed by atoms with Gasteiger partial charge in [-0.3, -0.25) is 9.36 Å². The highest BCUT2D eigenvalue weighted by Crippen LogP contribution is 2.13. The van der Waals surface area contributed by atoms with Crippen molar-refractivity contribution in [3.63, 3.8) is 0 Å². The maximum Gasteiger partial charge on any atom is 0.258 e. The summed E-state index contributed by atoms with van der Waals surface area (Å²) in [4.78, 5) is 11.9. The third-order valence-electron chi connectivity index (χ3n) is 2.63. The Balaban J connectivity index is 2.72. The van der Waals surface area contributed by atoms with E-state index in [0.717, 1.165) is 12.1 Å². The number of nitrogens with zero attached hydrogens (tertiary/aromatic N) is 1. The van der Waals surface area contributed by atoms with Crippen LogP contribution in [-0.4, -0.2) is 4.57 Å². The van der Waals surface area contributed by atoms with E-state index in [4.69, 9.17) is 0 Å². The maximum absolute atomic E-state index is 13.1. The van der Waals surface area contributed by atoms with E-state index in [1.165, 1.54) is 10.6 Å². The van der Waals surface area contributed by atoms with E-state index in [-0.39, 0.29) is 5.56 Å². The van der Waals surface area contributed by atoms with Crippen LogP contribution in [0.4, 0.5) is 8.78 Å². The summed E-state index contributed by atoms with van der Waals surface area (Å²) in [6.07, 6.45) is 0. The van der Waals surface area contributed by atoms with Crippen molar-refractivity contribution in [1.29, 1.82) is 0 Å². The monoisotopic (exact) mass is 235 g/mol. The Morgan fingerprint density at radius 3 is 2.35 bits per heavy atom.